The fourth-order valence-corrected chi connectivity index (χ4v) is 4.00. The van der Waals surface area contributed by atoms with Gasteiger partial charge in [0.05, 0.1) is 6.10 Å². The molecule has 0 heterocycles. The molecule has 0 saturated heterocycles. The summed E-state index contributed by atoms with van der Waals surface area (Å²) in [6.07, 6.45) is 1.82. The molecule has 0 saturated carbocycles. The highest BCUT2D eigenvalue weighted by molar-refractivity contribution is 7.53. The third kappa shape index (κ3) is 6.11. The molecule has 0 amide bonds. The van der Waals surface area contributed by atoms with Crippen LogP contribution < -0.4 is 5.50 Å². The lowest BCUT2D eigenvalue weighted by molar-refractivity contribution is 0.184. The van der Waals surface area contributed by atoms with Gasteiger partial charge in [-0.05, 0) is 12.0 Å². The molecule has 0 bridgehead atoms. The second-order valence-electron chi connectivity index (χ2n) is 4.42. The summed E-state index contributed by atoms with van der Waals surface area (Å²) in [6, 6.07) is 9.50. The summed E-state index contributed by atoms with van der Waals surface area (Å²) < 4.78 is 19.9. The highest BCUT2D eigenvalue weighted by Crippen LogP contribution is 2.47. The van der Waals surface area contributed by atoms with Crippen LogP contribution in [0.4, 0.5) is 0 Å². The van der Waals surface area contributed by atoms with Crippen LogP contribution in [-0.4, -0.2) is 29.5 Å². The summed E-state index contributed by atoms with van der Waals surface area (Å²) in [5.74, 6) is 0.609. The maximum atomic E-state index is 12.7. The summed E-state index contributed by atoms with van der Waals surface area (Å²) in [7, 11) is -3.47. The monoisotopic (exact) mass is 350 g/mol. The van der Waals surface area contributed by atoms with Gasteiger partial charge in [0, 0.05) is 24.8 Å². The van der Waals surface area contributed by atoms with Crippen LogP contribution in [-0.2, 0) is 9.09 Å². The van der Waals surface area contributed by atoms with E-state index in [2.05, 4.69) is 6.58 Å². The van der Waals surface area contributed by atoms with Gasteiger partial charge in [0.25, 0.3) is 0 Å². The second-order valence-corrected chi connectivity index (χ2v) is 7.09. The first-order valence-corrected chi connectivity index (χ1v) is 9.37. The summed E-state index contributed by atoms with van der Waals surface area (Å²) in [4.78, 5) is 0. The first-order valence-electron chi connectivity index (χ1n) is 6.65. The maximum Gasteiger partial charge on any atom is 0.341 e. The summed E-state index contributed by atoms with van der Waals surface area (Å²) >= 11 is 11.4. The quantitative estimate of drug-likeness (QED) is 0.391. The second kappa shape index (κ2) is 9.62. The van der Waals surface area contributed by atoms with E-state index in [1.54, 1.807) is 6.08 Å². The molecule has 0 aromatic heterocycles. The lowest BCUT2D eigenvalue weighted by Crippen LogP contribution is -2.30. The molecular weight excluding hydrogens is 330 g/mol. The molecule has 1 aromatic rings. The van der Waals surface area contributed by atoms with Crippen molar-refractivity contribution < 1.29 is 9.09 Å². The number of benzene rings is 1. The summed E-state index contributed by atoms with van der Waals surface area (Å²) in [5.41, 5.74) is 6.81. The zero-order valence-electron chi connectivity index (χ0n) is 11.8. The molecule has 0 fully saturated rings. The third-order valence-electron chi connectivity index (χ3n) is 2.91. The minimum atomic E-state index is -3.47. The van der Waals surface area contributed by atoms with Crippen molar-refractivity contribution in [3.05, 3.63) is 48.6 Å². The van der Waals surface area contributed by atoms with E-state index in [1.165, 1.54) is 4.67 Å². The van der Waals surface area contributed by atoms with E-state index in [4.69, 9.17) is 33.2 Å². The topological polar surface area (TPSA) is 55.6 Å². The predicted molar refractivity (Wildman–Crippen MR) is 89.9 cm³/mol. The van der Waals surface area contributed by atoms with Crippen LogP contribution in [0.25, 0.3) is 0 Å². The average molecular weight is 351 g/mol. The Balaban J connectivity index is 2.90. The first-order chi connectivity index (χ1) is 10.0. The number of rotatable bonds is 10. The molecule has 2 atom stereocenters. The molecule has 21 heavy (non-hydrogen) atoms. The van der Waals surface area contributed by atoms with Crippen LogP contribution in [0.5, 0.6) is 0 Å². The van der Waals surface area contributed by atoms with Crippen molar-refractivity contribution in [1.29, 1.82) is 0 Å². The minimum Gasteiger partial charge on any atom is -0.298 e. The van der Waals surface area contributed by atoms with Crippen molar-refractivity contribution in [3.8, 4) is 0 Å². The lowest BCUT2D eigenvalue weighted by Gasteiger charge is -2.30. The number of hydrogen-bond donors (Lipinski definition) is 1. The molecule has 1 rings (SSSR count). The fraction of sp³-hybridized carbons (Fsp3) is 0.429. The predicted octanol–water partition coefficient (Wildman–Crippen LogP) is 4.17. The van der Waals surface area contributed by atoms with Gasteiger partial charge in [-0.15, -0.1) is 29.8 Å². The first kappa shape index (κ1) is 18.7. The number of alkyl halides is 2. The molecule has 118 valence electrons. The Labute approximate surface area is 136 Å². The van der Waals surface area contributed by atoms with Crippen molar-refractivity contribution in [1.82, 2.24) is 4.67 Å². The Morgan fingerprint density at radius 2 is 1.86 bits per heavy atom. The van der Waals surface area contributed by atoms with Crippen LogP contribution in [0, 0.1) is 0 Å². The van der Waals surface area contributed by atoms with Gasteiger partial charge in [-0.2, -0.15) is 0 Å². The Morgan fingerprint density at radius 1 is 1.29 bits per heavy atom. The number of nitrogens with zero attached hydrogens (tertiary/aromatic N) is 1. The van der Waals surface area contributed by atoms with Gasteiger partial charge in [-0.1, -0.05) is 36.4 Å². The minimum absolute atomic E-state index is 0.304. The molecule has 1 aromatic carbocycles. The molecule has 0 aliphatic rings. The van der Waals surface area contributed by atoms with Gasteiger partial charge in [-0.3, -0.25) is 9.09 Å². The molecule has 2 N–H and O–H groups in total. The van der Waals surface area contributed by atoms with E-state index in [9.17, 15) is 4.57 Å². The Morgan fingerprint density at radius 3 is 2.33 bits per heavy atom. The van der Waals surface area contributed by atoms with E-state index in [-0.39, 0.29) is 0 Å². The highest BCUT2D eigenvalue weighted by atomic mass is 35.5. The van der Waals surface area contributed by atoms with Crippen LogP contribution in [0.3, 0.4) is 0 Å². The van der Waals surface area contributed by atoms with E-state index in [1.807, 2.05) is 30.3 Å². The number of hydrogen-bond acceptors (Lipinski definition) is 2. The van der Waals surface area contributed by atoms with Gasteiger partial charge in [0.2, 0.25) is 0 Å². The smallest absolute Gasteiger partial charge is 0.298 e. The average Bonchev–Trinajstić information content (AvgIpc) is 2.47. The largest absolute Gasteiger partial charge is 0.341 e. The number of halogens is 2. The summed E-state index contributed by atoms with van der Waals surface area (Å²) in [5, 5.41) is 0. The summed E-state index contributed by atoms with van der Waals surface area (Å²) in [6.45, 7) is 4.42. The molecule has 0 radical (unpaired) electrons. The van der Waals surface area contributed by atoms with Crippen molar-refractivity contribution in [2.75, 3.05) is 24.8 Å². The zero-order valence-corrected chi connectivity index (χ0v) is 14.2. The van der Waals surface area contributed by atoms with Crippen molar-refractivity contribution in [2.45, 2.75) is 12.5 Å². The van der Waals surface area contributed by atoms with Crippen LogP contribution >= 0.6 is 30.9 Å². The van der Waals surface area contributed by atoms with E-state index >= 15 is 0 Å². The van der Waals surface area contributed by atoms with Crippen molar-refractivity contribution >= 4 is 30.9 Å². The standard InChI is InChI=1S/C14H21Cl2N2O2P/c1-2-6-14(13-7-4-3-5-8-13)20-21(17,19)18(11-9-15)12-10-16/h2-5,7-8,14H,1,6,9-12H2,(H2,17,19)/t14-,21-/m1/s1. The SMILES string of the molecule is C=CC[C@@H](O[P@@](N)(=O)N(CCCl)CCCl)c1ccccc1. The Bertz CT molecular complexity index is 467. The molecule has 7 heteroatoms. The lowest BCUT2D eigenvalue weighted by atomic mass is 10.1. The third-order valence-corrected chi connectivity index (χ3v) is 4.99. The molecule has 0 unspecified atom stereocenters. The van der Waals surface area contributed by atoms with E-state index < -0.39 is 13.8 Å². The van der Waals surface area contributed by atoms with Crippen LogP contribution in [0.15, 0.2) is 43.0 Å². The number of nitrogens with two attached hydrogens (primary N) is 1. The van der Waals surface area contributed by atoms with Gasteiger partial charge in [0.15, 0.2) is 0 Å². The van der Waals surface area contributed by atoms with Crippen molar-refractivity contribution in [3.63, 3.8) is 0 Å². The van der Waals surface area contributed by atoms with E-state index in [0.29, 0.717) is 31.3 Å². The Kier molecular flexibility index (Phi) is 8.57. The van der Waals surface area contributed by atoms with E-state index in [0.717, 1.165) is 5.56 Å². The molecule has 4 nitrogen and oxygen atoms in total. The molecule has 0 spiro atoms. The van der Waals surface area contributed by atoms with Gasteiger partial charge in [0.1, 0.15) is 0 Å². The van der Waals surface area contributed by atoms with Gasteiger partial charge < -0.3 is 0 Å². The van der Waals surface area contributed by atoms with Gasteiger partial charge in [-0.25, -0.2) is 10.2 Å². The van der Waals surface area contributed by atoms with Crippen LogP contribution in [0.2, 0.25) is 0 Å². The maximum absolute atomic E-state index is 12.7. The Hall–Kier alpha value is -0.350. The fourth-order valence-electron chi connectivity index (χ4n) is 1.89. The normalized spacial score (nSPS) is 15.6. The zero-order chi connectivity index (χ0) is 15.7. The molecule has 0 aliphatic carbocycles. The highest BCUT2D eigenvalue weighted by Gasteiger charge is 2.30. The molecule has 0 aliphatic heterocycles. The van der Waals surface area contributed by atoms with Gasteiger partial charge >= 0.3 is 7.67 Å². The molecular formula is C14H21Cl2N2O2P. The van der Waals surface area contributed by atoms with Crippen LogP contribution in [0.1, 0.15) is 18.1 Å². The van der Waals surface area contributed by atoms with Crippen molar-refractivity contribution in [2.24, 2.45) is 5.50 Å².